The van der Waals surface area contributed by atoms with E-state index in [1.807, 2.05) is 18.2 Å². The van der Waals surface area contributed by atoms with Crippen LogP contribution >= 0.6 is 11.8 Å². The predicted octanol–water partition coefficient (Wildman–Crippen LogP) is 0.757. The number of carbonyl (C=O) groups excluding carboxylic acids is 1. The second-order valence-electron chi connectivity index (χ2n) is 5.07. The van der Waals surface area contributed by atoms with E-state index in [1.54, 1.807) is 12.1 Å². The van der Waals surface area contributed by atoms with Crippen molar-refractivity contribution in [1.29, 1.82) is 0 Å². The van der Waals surface area contributed by atoms with Crippen LogP contribution in [0.3, 0.4) is 0 Å². The van der Waals surface area contributed by atoms with Crippen LogP contribution in [0.25, 0.3) is 0 Å². The molecule has 2 rings (SSSR count). The van der Waals surface area contributed by atoms with Gasteiger partial charge >= 0.3 is 0 Å². The lowest BCUT2D eigenvalue weighted by atomic mass is 10.1. The molecule has 0 spiro atoms. The number of aliphatic hydroxyl groups is 1. The molecule has 1 aromatic rings. The van der Waals surface area contributed by atoms with Crippen molar-refractivity contribution >= 4 is 27.5 Å². The summed E-state index contributed by atoms with van der Waals surface area (Å²) in [5.74, 6) is 0.428. The first-order valence-electron chi connectivity index (χ1n) is 6.78. The lowest BCUT2D eigenvalue weighted by molar-refractivity contribution is -0.119. The summed E-state index contributed by atoms with van der Waals surface area (Å²) in [6.45, 7) is 0.159. The molecule has 0 saturated carbocycles. The molecule has 5 nitrogen and oxygen atoms in total. The van der Waals surface area contributed by atoms with Gasteiger partial charge in [0.25, 0.3) is 0 Å². The van der Waals surface area contributed by atoms with E-state index in [9.17, 15) is 18.3 Å². The Hall–Kier alpha value is -1.05. The number of carbonyl (C=O) groups is 1. The Morgan fingerprint density at radius 1 is 1.38 bits per heavy atom. The van der Waals surface area contributed by atoms with Gasteiger partial charge in [0.15, 0.2) is 9.84 Å². The number of benzene rings is 1. The van der Waals surface area contributed by atoms with Crippen LogP contribution in [0.15, 0.2) is 30.3 Å². The molecule has 2 atom stereocenters. The summed E-state index contributed by atoms with van der Waals surface area (Å²) in [6, 6.07) is 9.12. The first-order valence-corrected chi connectivity index (χ1v) is 9.65. The molecule has 1 amide bonds. The maximum Gasteiger partial charge on any atom is 0.230 e. The molecule has 2 N–H and O–H groups in total. The fourth-order valence-corrected chi connectivity index (χ4v) is 5.61. The molecular weight excluding hydrogens is 310 g/mol. The quantitative estimate of drug-likeness (QED) is 0.805. The molecule has 2 unspecified atom stereocenters. The van der Waals surface area contributed by atoms with E-state index < -0.39 is 15.9 Å². The highest BCUT2D eigenvalue weighted by atomic mass is 32.2. The summed E-state index contributed by atoms with van der Waals surface area (Å²) in [4.78, 5) is 11.7. The number of aliphatic hydroxyl groups excluding tert-OH is 1. The molecule has 1 heterocycles. The zero-order valence-corrected chi connectivity index (χ0v) is 13.2. The molecule has 0 aromatic heterocycles. The first-order chi connectivity index (χ1) is 9.96. The molecule has 1 aromatic carbocycles. The van der Waals surface area contributed by atoms with Gasteiger partial charge in [0.1, 0.15) is 0 Å². The highest BCUT2D eigenvalue weighted by Gasteiger charge is 2.28. The summed E-state index contributed by atoms with van der Waals surface area (Å²) in [5, 5.41) is 12.6. The fraction of sp³-hybridized carbons (Fsp3) is 0.500. The van der Waals surface area contributed by atoms with Gasteiger partial charge in [0.05, 0.1) is 23.4 Å². The van der Waals surface area contributed by atoms with Gasteiger partial charge < -0.3 is 10.4 Å². The predicted molar refractivity (Wildman–Crippen MR) is 83.9 cm³/mol. The number of hydrogen-bond donors (Lipinski definition) is 2. The lowest BCUT2D eigenvalue weighted by Crippen LogP contribution is -2.30. The van der Waals surface area contributed by atoms with Crippen molar-refractivity contribution in [2.75, 3.05) is 23.8 Å². The Balaban J connectivity index is 1.68. The number of sulfone groups is 1. The number of hydrogen-bond acceptors (Lipinski definition) is 5. The molecule has 0 aliphatic carbocycles. The lowest BCUT2D eigenvalue weighted by Gasteiger charge is -2.13. The highest BCUT2D eigenvalue weighted by Crippen LogP contribution is 2.24. The second kappa shape index (κ2) is 7.29. The van der Waals surface area contributed by atoms with Gasteiger partial charge in [-0.2, -0.15) is 0 Å². The largest absolute Gasteiger partial charge is 0.387 e. The smallest absolute Gasteiger partial charge is 0.230 e. The third-order valence-electron chi connectivity index (χ3n) is 3.32. The van der Waals surface area contributed by atoms with Gasteiger partial charge in [-0.1, -0.05) is 30.3 Å². The van der Waals surface area contributed by atoms with Gasteiger partial charge in [-0.3, -0.25) is 4.79 Å². The molecule has 0 bridgehead atoms. The van der Waals surface area contributed by atoms with Crippen LogP contribution in [0, 0.1) is 0 Å². The van der Waals surface area contributed by atoms with Crippen molar-refractivity contribution in [3.63, 3.8) is 0 Å². The van der Waals surface area contributed by atoms with Gasteiger partial charge in [-0.25, -0.2) is 8.42 Å². The Morgan fingerprint density at radius 3 is 2.71 bits per heavy atom. The molecular formula is C14H19NO4S2. The van der Waals surface area contributed by atoms with E-state index in [0.29, 0.717) is 6.42 Å². The van der Waals surface area contributed by atoms with Crippen molar-refractivity contribution in [2.45, 2.75) is 17.8 Å². The summed E-state index contributed by atoms with van der Waals surface area (Å²) in [7, 11) is -2.90. The van der Waals surface area contributed by atoms with E-state index in [-0.39, 0.29) is 35.0 Å². The average molecular weight is 329 g/mol. The molecule has 116 valence electrons. The fourth-order valence-electron chi connectivity index (χ4n) is 2.14. The van der Waals surface area contributed by atoms with E-state index in [4.69, 9.17) is 0 Å². The summed E-state index contributed by atoms with van der Waals surface area (Å²) < 4.78 is 22.6. The van der Waals surface area contributed by atoms with Crippen LogP contribution in [0.4, 0.5) is 0 Å². The van der Waals surface area contributed by atoms with E-state index >= 15 is 0 Å². The molecule has 1 aliphatic heterocycles. The van der Waals surface area contributed by atoms with E-state index in [2.05, 4.69) is 5.32 Å². The number of rotatable bonds is 6. The number of amides is 1. The Bertz CT molecular complexity index is 574. The SMILES string of the molecule is O=C(CSC1CCS(=O)(=O)C1)NCC(O)c1ccccc1. The highest BCUT2D eigenvalue weighted by molar-refractivity contribution is 8.02. The molecule has 1 saturated heterocycles. The molecule has 7 heteroatoms. The van der Waals surface area contributed by atoms with Crippen molar-refractivity contribution < 1.29 is 18.3 Å². The summed E-state index contributed by atoms with van der Waals surface area (Å²) >= 11 is 1.37. The van der Waals surface area contributed by atoms with E-state index in [0.717, 1.165) is 5.56 Å². The Labute approximate surface area is 129 Å². The Kier molecular flexibility index (Phi) is 5.66. The molecule has 21 heavy (non-hydrogen) atoms. The zero-order chi connectivity index (χ0) is 15.3. The molecule has 1 fully saturated rings. The third-order valence-corrected chi connectivity index (χ3v) is 6.60. The summed E-state index contributed by atoms with van der Waals surface area (Å²) in [5.41, 5.74) is 0.757. The maximum absolute atomic E-state index is 11.7. The summed E-state index contributed by atoms with van der Waals surface area (Å²) in [6.07, 6.45) is -0.112. The van der Waals surface area contributed by atoms with Crippen LogP contribution in [0.5, 0.6) is 0 Å². The van der Waals surface area contributed by atoms with Gasteiger partial charge in [-0.05, 0) is 12.0 Å². The van der Waals surface area contributed by atoms with Crippen LogP contribution < -0.4 is 5.32 Å². The van der Waals surface area contributed by atoms with Crippen LogP contribution in [-0.2, 0) is 14.6 Å². The zero-order valence-electron chi connectivity index (χ0n) is 11.6. The first kappa shape index (κ1) is 16.3. The van der Waals surface area contributed by atoms with Crippen molar-refractivity contribution in [1.82, 2.24) is 5.32 Å². The molecule has 1 aliphatic rings. The standard InChI is InChI=1S/C14H19NO4S2/c16-13(11-4-2-1-3-5-11)8-15-14(17)9-20-12-6-7-21(18,19)10-12/h1-5,12-13,16H,6-10H2,(H,15,17). The van der Waals surface area contributed by atoms with Gasteiger partial charge in [0, 0.05) is 11.8 Å². The normalized spacial score (nSPS) is 21.9. The van der Waals surface area contributed by atoms with Crippen LogP contribution in [0.1, 0.15) is 18.1 Å². The topological polar surface area (TPSA) is 83.5 Å². The van der Waals surface area contributed by atoms with Gasteiger partial charge in [0.2, 0.25) is 5.91 Å². The maximum atomic E-state index is 11.7. The Morgan fingerprint density at radius 2 is 2.10 bits per heavy atom. The minimum absolute atomic E-state index is 0.0137. The second-order valence-corrected chi connectivity index (χ2v) is 8.58. The van der Waals surface area contributed by atoms with Gasteiger partial charge in [-0.15, -0.1) is 11.8 Å². The van der Waals surface area contributed by atoms with E-state index in [1.165, 1.54) is 11.8 Å². The minimum atomic E-state index is -2.90. The average Bonchev–Trinajstić information content (AvgIpc) is 2.83. The van der Waals surface area contributed by atoms with Crippen molar-refractivity contribution in [2.24, 2.45) is 0 Å². The monoisotopic (exact) mass is 329 g/mol. The van der Waals surface area contributed by atoms with Crippen LogP contribution in [-0.4, -0.2) is 48.5 Å². The number of nitrogens with one attached hydrogen (secondary N) is 1. The third kappa shape index (κ3) is 5.33. The van der Waals surface area contributed by atoms with Crippen molar-refractivity contribution in [3.05, 3.63) is 35.9 Å². The van der Waals surface area contributed by atoms with Crippen LogP contribution in [0.2, 0.25) is 0 Å². The molecule has 0 radical (unpaired) electrons. The minimum Gasteiger partial charge on any atom is -0.387 e. The number of thioether (sulfide) groups is 1. The van der Waals surface area contributed by atoms with Crippen molar-refractivity contribution in [3.8, 4) is 0 Å².